The molecule has 60 heavy (non-hydrogen) atoms. The number of hydrogen-bond donors (Lipinski definition) is 11. The average Bonchev–Trinajstić information content (AvgIpc) is 3.15. The lowest BCUT2D eigenvalue weighted by Gasteiger charge is -2.25. The predicted molar refractivity (Wildman–Crippen MR) is 217 cm³/mol. The number of carboxylic acid groups (broad SMARTS) is 1. The van der Waals surface area contributed by atoms with E-state index in [9.17, 15) is 53.1 Å². The van der Waals surface area contributed by atoms with Gasteiger partial charge >= 0.3 is 5.97 Å². The van der Waals surface area contributed by atoms with Crippen molar-refractivity contribution in [3.05, 3.63) is 35.9 Å². The molecule has 334 valence electrons. The molecular weight excluding hydrogens is 784 g/mol. The number of amides is 9. The Kier molecular flexibility index (Phi) is 22.6. The van der Waals surface area contributed by atoms with E-state index >= 15 is 0 Å². The molecule has 21 heteroatoms. The highest BCUT2D eigenvalue weighted by molar-refractivity contribution is 5.97. The Morgan fingerprint density at radius 3 is 1.50 bits per heavy atom. The molecule has 0 saturated carbocycles. The van der Waals surface area contributed by atoms with E-state index in [4.69, 9.17) is 17.2 Å². The molecule has 0 fully saturated rings. The summed E-state index contributed by atoms with van der Waals surface area (Å²) >= 11 is 0. The van der Waals surface area contributed by atoms with Crippen LogP contribution in [0.3, 0.4) is 0 Å². The second-order valence-corrected chi connectivity index (χ2v) is 15.4. The second-order valence-electron chi connectivity index (χ2n) is 15.4. The van der Waals surface area contributed by atoms with Crippen molar-refractivity contribution < 1.29 is 53.1 Å². The number of carboxylic acids is 1. The molecule has 1 aromatic carbocycles. The van der Waals surface area contributed by atoms with E-state index in [0.717, 1.165) is 5.56 Å². The molecule has 0 aromatic heterocycles. The Morgan fingerprint density at radius 2 is 1.02 bits per heavy atom. The average molecular weight is 847 g/mol. The van der Waals surface area contributed by atoms with E-state index in [2.05, 4.69) is 37.2 Å². The first-order chi connectivity index (χ1) is 28.0. The van der Waals surface area contributed by atoms with E-state index in [1.807, 2.05) is 13.8 Å². The van der Waals surface area contributed by atoms with Crippen molar-refractivity contribution in [1.29, 1.82) is 0 Å². The summed E-state index contributed by atoms with van der Waals surface area (Å²) in [4.78, 5) is 126. The number of hydrogen-bond acceptors (Lipinski definition) is 11. The maximum Gasteiger partial charge on any atom is 0.326 e. The SMILES string of the molecule is CC(C)CC(N)C(=O)NC(Cc1ccccc1)C(=O)NCC(=O)NC(CCC(N)=O)C(=O)NC(C)C(=O)NC(CC(C)C)C(=O)NC(C)C(=O)NC(CCC(N)=O)C(=O)O. The topological polar surface area (TPSA) is 353 Å². The highest BCUT2D eigenvalue weighted by Crippen LogP contribution is 2.09. The minimum absolute atomic E-state index is 0.0823. The van der Waals surface area contributed by atoms with Gasteiger partial charge in [0.25, 0.3) is 0 Å². The van der Waals surface area contributed by atoms with E-state index in [1.165, 1.54) is 13.8 Å². The Morgan fingerprint density at radius 1 is 0.550 bits per heavy atom. The van der Waals surface area contributed by atoms with Gasteiger partial charge in [-0.05, 0) is 56.9 Å². The Labute approximate surface area is 349 Å². The van der Waals surface area contributed by atoms with Crippen LogP contribution < -0.4 is 54.4 Å². The fourth-order valence-electron chi connectivity index (χ4n) is 5.64. The monoisotopic (exact) mass is 846 g/mol. The third-order valence-electron chi connectivity index (χ3n) is 8.87. The maximum absolute atomic E-state index is 13.4. The highest BCUT2D eigenvalue weighted by atomic mass is 16.4. The maximum atomic E-state index is 13.4. The van der Waals surface area contributed by atoms with Gasteiger partial charge in [-0.15, -0.1) is 0 Å². The van der Waals surface area contributed by atoms with Crippen LogP contribution >= 0.6 is 0 Å². The third kappa shape index (κ3) is 20.5. The van der Waals surface area contributed by atoms with Crippen molar-refractivity contribution in [2.24, 2.45) is 29.0 Å². The first kappa shape index (κ1) is 51.9. The number of carbonyl (C=O) groups excluding carboxylic acids is 9. The third-order valence-corrected chi connectivity index (χ3v) is 8.87. The number of aliphatic carboxylic acids is 1. The minimum Gasteiger partial charge on any atom is -0.480 e. The van der Waals surface area contributed by atoms with Crippen LogP contribution in [-0.2, 0) is 54.4 Å². The summed E-state index contributed by atoms with van der Waals surface area (Å²) in [6.07, 6.45) is -0.657. The van der Waals surface area contributed by atoms with Crippen LogP contribution in [0.5, 0.6) is 0 Å². The number of carbonyl (C=O) groups is 10. The van der Waals surface area contributed by atoms with Gasteiger partial charge in [-0.2, -0.15) is 0 Å². The molecule has 0 aliphatic carbocycles. The number of benzene rings is 1. The zero-order valence-corrected chi connectivity index (χ0v) is 35.0. The van der Waals surface area contributed by atoms with E-state index in [0.29, 0.717) is 6.42 Å². The minimum atomic E-state index is -1.45. The first-order valence-corrected chi connectivity index (χ1v) is 19.7. The second kappa shape index (κ2) is 26.1. The molecule has 1 rings (SSSR count). The molecule has 14 N–H and O–H groups in total. The molecular formula is C39H62N10O11. The van der Waals surface area contributed by atoms with Crippen molar-refractivity contribution in [3.8, 4) is 0 Å². The number of primary amides is 2. The lowest BCUT2D eigenvalue weighted by atomic mass is 10.0. The van der Waals surface area contributed by atoms with E-state index in [1.54, 1.807) is 44.2 Å². The van der Waals surface area contributed by atoms with Crippen LogP contribution in [0, 0.1) is 11.8 Å². The van der Waals surface area contributed by atoms with Crippen LogP contribution in [-0.4, -0.2) is 113 Å². The quantitative estimate of drug-likeness (QED) is 0.0432. The van der Waals surface area contributed by atoms with Gasteiger partial charge in [0.1, 0.15) is 36.3 Å². The van der Waals surface area contributed by atoms with E-state index in [-0.39, 0.29) is 50.4 Å². The summed E-state index contributed by atoms with van der Waals surface area (Å²) in [5.41, 5.74) is 17.1. The predicted octanol–water partition coefficient (Wildman–Crippen LogP) is -2.67. The molecule has 1 aromatic rings. The van der Waals surface area contributed by atoms with Crippen LogP contribution in [0.15, 0.2) is 30.3 Å². The van der Waals surface area contributed by atoms with Gasteiger partial charge in [-0.1, -0.05) is 58.0 Å². The van der Waals surface area contributed by atoms with Gasteiger partial charge in [0, 0.05) is 19.3 Å². The highest BCUT2D eigenvalue weighted by Gasteiger charge is 2.31. The van der Waals surface area contributed by atoms with Gasteiger partial charge in [-0.3, -0.25) is 43.2 Å². The summed E-state index contributed by atoms with van der Waals surface area (Å²) in [5.74, 6) is -8.50. The molecule has 0 spiro atoms. The lowest BCUT2D eigenvalue weighted by Crippen LogP contribution is -2.58. The van der Waals surface area contributed by atoms with E-state index < -0.39 is 108 Å². The van der Waals surface area contributed by atoms with Crippen molar-refractivity contribution >= 4 is 59.1 Å². The molecule has 0 aliphatic rings. The fraction of sp³-hybridized carbons (Fsp3) is 0.590. The van der Waals surface area contributed by atoms with Gasteiger partial charge < -0.3 is 59.5 Å². The molecule has 7 atom stereocenters. The standard InChI is InChI=1S/C39H62N10O11/c1-20(2)16-25(40)35(55)49-29(18-24-10-8-7-9-11-24)36(56)43-19-32(52)46-26(12-14-30(41)50)37(57)44-23(6)34(54)48-28(17-21(3)4)38(58)45-22(5)33(53)47-27(39(59)60)13-15-31(42)51/h7-11,20-23,25-29H,12-19,40H2,1-6H3,(H2,41,50)(H2,42,51)(H,43,56)(H,44,57)(H,45,58)(H,46,52)(H,47,53)(H,48,54)(H,49,55)(H,59,60). The first-order valence-electron chi connectivity index (χ1n) is 19.7. The van der Waals surface area contributed by atoms with Gasteiger partial charge in [0.05, 0.1) is 12.6 Å². The summed E-state index contributed by atoms with van der Waals surface area (Å²) in [6.45, 7) is 9.27. The molecule has 0 heterocycles. The summed E-state index contributed by atoms with van der Waals surface area (Å²) in [7, 11) is 0. The largest absolute Gasteiger partial charge is 0.480 e. The molecule has 0 radical (unpaired) electrons. The van der Waals surface area contributed by atoms with Crippen molar-refractivity contribution in [3.63, 3.8) is 0 Å². The van der Waals surface area contributed by atoms with Gasteiger partial charge in [0.2, 0.25) is 53.2 Å². The van der Waals surface area contributed by atoms with Crippen LogP contribution in [0.1, 0.15) is 85.6 Å². The zero-order chi connectivity index (χ0) is 45.7. The Hall–Kier alpha value is -6.12. The smallest absolute Gasteiger partial charge is 0.326 e. The Balaban J connectivity index is 3.00. The molecule has 0 saturated heterocycles. The van der Waals surface area contributed by atoms with Crippen molar-refractivity contribution in [1.82, 2.24) is 37.2 Å². The molecule has 0 aliphatic heterocycles. The fourth-order valence-corrected chi connectivity index (χ4v) is 5.64. The molecule has 7 unspecified atom stereocenters. The Bertz CT molecular complexity index is 1670. The molecule has 9 amide bonds. The number of nitrogens with two attached hydrogens (primary N) is 3. The molecule has 21 nitrogen and oxygen atoms in total. The number of nitrogens with one attached hydrogen (secondary N) is 7. The summed E-state index contributed by atoms with van der Waals surface area (Å²) < 4.78 is 0. The zero-order valence-electron chi connectivity index (χ0n) is 35.0. The summed E-state index contributed by atoms with van der Waals surface area (Å²) in [6, 6.07) is 0.196. The normalized spacial score (nSPS) is 14.5. The van der Waals surface area contributed by atoms with Crippen LogP contribution in [0.2, 0.25) is 0 Å². The molecule has 0 bridgehead atoms. The van der Waals surface area contributed by atoms with Crippen molar-refractivity contribution in [2.45, 2.75) is 129 Å². The van der Waals surface area contributed by atoms with Crippen LogP contribution in [0.4, 0.5) is 0 Å². The summed E-state index contributed by atoms with van der Waals surface area (Å²) in [5, 5.41) is 26.5. The lowest BCUT2D eigenvalue weighted by molar-refractivity contribution is -0.142. The van der Waals surface area contributed by atoms with Crippen LogP contribution in [0.25, 0.3) is 0 Å². The number of rotatable bonds is 27. The van der Waals surface area contributed by atoms with Crippen molar-refractivity contribution in [2.75, 3.05) is 6.54 Å². The van der Waals surface area contributed by atoms with Gasteiger partial charge in [-0.25, -0.2) is 4.79 Å². The van der Waals surface area contributed by atoms with Gasteiger partial charge in [0.15, 0.2) is 0 Å².